The van der Waals surface area contributed by atoms with Crippen LogP contribution in [0, 0.1) is 5.92 Å². The van der Waals surface area contributed by atoms with E-state index in [1.807, 2.05) is 30.5 Å². The Balaban J connectivity index is 1.72. The van der Waals surface area contributed by atoms with Gasteiger partial charge in [0.2, 0.25) is 0 Å². The lowest BCUT2D eigenvalue weighted by molar-refractivity contribution is 0.376. The number of benzene rings is 1. The van der Waals surface area contributed by atoms with Crippen LogP contribution in [0.3, 0.4) is 0 Å². The monoisotopic (exact) mass is 297 g/mol. The van der Waals surface area contributed by atoms with Gasteiger partial charge in [-0.3, -0.25) is 4.98 Å². The summed E-state index contributed by atoms with van der Waals surface area (Å²) in [5.41, 5.74) is 3.49. The molecule has 1 heterocycles. The molecule has 1 fully saturated rings. The lowest BCUT2D eigenvalue weighted by atomic mass is 9.79. The molecular weight excluding hydrogens is 278 g/mol. The van der Waals surface area contributed by atoms with Gasteiger partial charge in [0.1, 0.15) is 0 Å². The first-order chi connectivity index (χ1) is 10.3. The predicted molar refractivity (Wildman–Crippen MR) is 89.6 cm³/mol. The number of aromatic nitrogens is 1. The SMILES string of the molecule is C=C[C@H]1CC[C@H](c2ccc(-c3ccc(Cl)cc3)nc2)CC1. The van der Waals surface area contributed by atoms with E-state index in [4.69, 9.17) is 11.6 Å². The van der Waals surface area contributed by atoms with Crippen LogP contribution in [0.15, 0.2) is 55.3 Å². The van der Waals surface area contributed by atoms with E-state index >= 15 is 0 Å². The largest absolute Gasteiger partial charge is 0.256 e. The quantitative estimate of drug-likeness (QED) is 0.646. The first-order valence-electron chi connectivity index (χ1n) is 7.60. The fourth-order valence-corrected chi connectivity index (χ4v) is 3.25. The molecule has 0 radical (unpaired) electrons. The van der Waals surface area contributed by atoms with Gasteiger partial charge >= 0.3 is 0 Å². The third-order valence-electron chi connectivity index (χ3n) is 4.50. The number of hydrogen-bond donors (Lipinski definition) is 0. The Bertz CT molecular complexity index is 592. The predicted octanol–water partition coefficient (Wildman–Crippen LogP) is 5.86. The van der Waals surface area contributed by atoms with Crippen LogP contribution in [0.5, 0.6) is 0 Å². The molecule has 1 aliphatic rings. The number of nitrogens with zero attached hydrogens (tertiary/aromatic N) is 1. The molecule has 0 spiro atoms. The van der Waals surface area contributed by atoms with Gasteiger partial charge in [0, 0.05) is 16.8 Å². The molecule has 0 N–H and O–H groups in total. The molecule has 3 rings (SSSR count). The van der Waals surface area contributed by atoms with Crippen LogP contribution >= 0.6 is 11.6 Å². The Morgan fingerprint density at radius 1 is 1.00 bits per heavy atom. The van der Waals surface area contributed by atoms with E-state index in [0.717, 1.165) is 16.3 Å². The summed E-state index contributed by atoms with van der Waals surface area (Å²) >= 11 is 5.92. The lowest BCUT2D eigenvalue weighted by Gasteiger charge is -2.26. The van der Waals surface area contributed by atoms with Crippen molar-refractivity contribution < 1.29 is 0 Å². The van der Waals surface area contributed by atoms with E-state index in [-0.39, 0.29) is 0 Å². The second kappa shape index (κ2) is 6.44. The number of halogens is 1. The van der Waals surface area contributed by atoms with Gasteiger partial charge in [-0.05, 0) is 61.3 Å². The normalized spacial score (nSPS) is 22.0. The summed E-state index contributed by atoms with van der Waals surface area (Å²) in [5, 5.41) is 0.759. The molecule has 2 heteroatoms. The highest BCUT2D eigenvalue weighted by Gasteiger charge is 2.20. The van der Waals surface area contributed by atoms with Gasteiger partial charge < -0.3 is 0 Å². The summed E-state index contributed by atoms with van der Waals surface area (Å²) < 4.78 is 0. The second-order valence-electron chi connectivity index (χ2n) is 5.83. The van der Waals surface area contributed by atoms with Gasteiger partial charge in [-0.15, -0.1) is 6.58 Å². The van der Waals surface area contributed by atoms with Crippen LogP contribution < -0.4 is 0 Å². The van der Waals surface area contributed by atoms with E-state index in [0.29, 0.717) is 11.8 Å². The first kappa shape index (κ1) is 14.3. The van der Waals surface area contributed by atoms with Crippen LogP contribution in [0.1, 0.15) is 37.2 Å². The summed E-state index contributed by atoms with van der Waals surface area (Å²) in [7, 11) is 0. The van der Waals surface area contributed by atoms with Crippen LogP contribution in [-0.4, -0.2) is 4.98 Å². The van der Waals surface area contributed by atoms with Crippen molar-refractivity contribution in [2.45, 2.75) is 31.6 Å². The first-order valence-corrected chi connectivity index (χ1v) is 7.98. The van der Waals surface area contributed by atoms with Crippen molar-refractivity contribution in [2.24, 2.45) is 5.92 Å². The van der Waals surface area contributed by atoms with Crippen molar-refractivity contribution in [3.05, 3.63) is 65.8 Å². The molecule has 0 bridgehead atoms. The van der Waals surface area contributed by atoms with Gasteiger partial charge in [-0.1, -0.05) is 35.9 Å². The van der Waals surface area contributed by atoms with Crippen LogP contribution in [-0.2, 0) is 0 Å². The highest BCUT2D eigenvalue weighted by molar-refractivity contribution is 6.30. The summed E-state index contributed by atoms with van der Waals surface area (Å²) in [6.45, 7) is 3.91. The van der Waals surface area contributed by atoms with E-state index in [1.54, 1.807) is 0 Å². The van der Waals surface area contributed by atoms with Crippen molar-refractivity contribution in [1.82, 2.24) is 4.98 Å². The van der Waals surface area contributed by atoms with Crippen molar-refractivity contribution in [2.75, 3.05) is 0 Å². The highest BCUT2D eigenvalue weighted by Crippen LogP contribution is 2.36. The topological polar surface area (TPSA) is 12.9 Å². The zero-order valence-corrected chi connectivity index (χ0v) is 12.9. The smallest absolute Gasteiger partial charge is 0.0702 e. The maximum Gasteiger partial charge on any atom is 0.0702 e. The number of allylic oxidation sites excluding steroid dienone is 1. The maximum atomic E-state index is 5.92. The Labute approximate surface area is 131 Å². The fraction of sp³-hybridized carbons (Fsp3) is 0.316. The van der Waals surface area contributed by atoms with Crippen molar-refractivity contribution in [3.8, 4) is 11.3 Å². The maximum absolute atomic E-state index is 5.92. The number of hydrogen-bond acceptors (Lipinski definition) is 1. The fourth-order valence-electron chi connectivity index (χ4n) is 3.13. The molecule has 0 amide bonds. The van der Waals surface area contributed by atoms with Gasteiger partial charge in [-0.25, -0.2) is 0 Å². The van der Waals surface area contributed by atoms with E-state index < -0.39 is 0 Å². The summed E-state index contributed by atoms with van der Waals surface area (Å²) in [6, 6.07) is 12.2. The molecule has 1 saturated carbocycles. The Morgan fingerprint density at radius 2 is 1.71 bits per heavy atom. The van der Waals surface area contributed by atoms with Crippen molar-refractivity contribution in [3.63, 3.8) is 0 Å². The highest BCUT2D eigenvalue weighted by atomic mass is 35.5. The molecule has 21 heavy (non-hydrogen) atoms. The summed E-state index contributed by atoms with van der Waals surface area (Å²) in [6.07, 6.45) is 9.17. The molecule has 0 saturated heterocycles. The van der Waals surface area contributed by atoms with E-state index in [9.17, 15) is 0 Å². The zero-order valence-electron chi connectivity index (χ0n) is 12.1. The standard InChI is InChI=1S/C19H20ClN/c1-2-14-3-5-15(6-4-14)17-9-12-19(21-13-17)16-7-10-18(20)11-8-16/h2,7-15H,1,3-6H2/t14-,15-. The minimum absolute atomic E-state index is 0.660. The summed E-state index contributed by atoms with van der Waals surface area (Å²) in [5.74, 6) is 1.37. The third kappa shape index (κ3) is 3.36. The number of pyridine rings is 1. The minimum Gasteiger partial charge on any atom is -0.256 e. The lowest BCUT2D eigenvalue weighted by Crippen LogP contribution is -2.11. The Kier molecular flexibility index (Phi) is 4.40. The van der Waals surface area contributed by atoms with Gasteiger partial charge in [0.05, 0.1) is 5.69 Å². The molecule has 1 aromatic heterocycles. The molecule has 1 aromatic carbocycles. The van der Waals surface area contributed by atoms with Gasteiger partial charge in [0.15, 0.2) is 0 Å². The average Bonchev–Trinajstić information content (AvgIpc) is 2.56. The molecule has 0 atom stereocenters. The average molecular weight is 298 g/mol. The third-order valence-corrected chi connectivity index (χ3v) is 4.75. The molecular formula is C19H20ClN. The minimum atomic E-state index is 0.660. The van der Waals surface area contributed by atoms with Crippen LogP contribution in [0.4, 0.5) is 0 Å². The molecule has 1 aliphatic carbocycles. The zero-order chi connectivity index (χ0) is 14.7. The molecule has 0 aliphatic heterocycles. The van der Waals surface area contributed by atoms with E-state index in [1.165, 1.54) is 31.2 Å². The van der Waals surface area contributed by atoms with Gasteiger partial charge in [-0.2, -0.15) is 0 Å². The molecule has 1 nitrogen and oxygen atoms in total. The number of rotatable bonds is 3. The second-order valence-corrected chi connectivity index (χ2v) is 6.27. The van der Waals surface area contributed by atoms with Crippen LogP contribution in [0.2, 0.25) is 5.02 Å². The molecule has 0 unspecified atom stereocenters. The van der Waals surface area contributed by atoms with Crippen molar-refractivity contribution >= 4 is 11.6 Å². The van der Waals surface area contributed by atoms with Crippen molar-refractivity contribution in [1.29, 1.82) is 0 Å². The Morgan fingerprint density at radius 3 is 2.29 bits per heavy atom. The Hall–Kier alpha value is -1.60. The van der Waals surface area contributed by atoms with Crippen LogP contribution in [0.25, 0.3) is 11.3 Å². The molecule has 2 aromatic rings. The molecule has 108 valence electrons. The van der Waals surface area contributed by atoms with E-state index in [2.05, 4.69) is 29.8 Å². The summed E-state index contributed by atoms with van der Waals surface area (Å²) in [4.78, 5) is 4.63. The van der Waals surface area contributed by atoms with Gasteiger partial charge in [0.25, 0.3) is 0 Å².